The number of nitrogens with zero attached hydrogens (tertiary/aromatic N) is 3. The van der Waals surface area contributed by atoms with E-state index in [1.807, 2.05) is 91.0 Å². The molecule has 47 heavy (non-hydrogen) atoms. The molecule has 10 nitrogen and oxygen atoms in total. The third-order valence-electron chi connectivity index (χ3n) is 9.21. The summed E-state index contributed by atoms with van der Waals surface area (Å²) in [5.74, 6) is -0.117. The highest BCUT2D eigenvalue weighted by Gasteiger charge is 2.42. The van der Waals surface area contributed by atoms with Gasteiger partial charge < -0.3 is 29.5 Å². The summed E-state index contributed by atoms with van der Waals surface area (Å²) in [6.07, 6.45) is 0.170. The van der Waals surface area contributed by atoms with E-state index in [1.54, 1.807) is 4.90 Å². The molecule has 3 aromatic carbocycles. The van der Waals surface area contributed by atoms with Crippen LogP contribution in [0.1, 0.15) is 68.7 Å². The van der Waals surface area contributed by atoms with Crippen molar-refractivity contribution in [3.8, 4) is 6.08 Å². The fourth-order valence-electron chi connectivity index (χ4n) is 5.60. The minimum Gasteiger partial charge on any atom is -0.412 e. The lowest BCUT2D eigenvalue weighted by Gasteiger charge is -2.38. The van der Waals surface area contributed by atoms with E-state index in [0.717, 1.165) is 23.1 Å². The summed E-state index contributed by atoms with van der Waals surface area (Å²) in [6, 6.07) is 28.9. The number of ether oxygens (including phenoxy) is 1. The highest BCUT2D eigenvalue weighted by molar-refractivity contribution is 6.74. The second-order valence-electron chi connectivity index (χ2n) is 13.6. The standard InChI is InChI=1S/C36H45N5O5Si/c1-35(2,3)47(4,5)46-29-23-24-41(25-29)34(43)45-33-40-39-32(44-33)30(37)21-22-31(42)38-36(26-15-9-6-10-16-26,27-17-11-7-12-18-27)28-19-13-8-14-20-28/h6-20,29-30H,21-25,37H2,1-5H3,(H,38,42)/t29-,30-/m0/s1. The van der Waals surface area contributed by atoms with Gasteiger partial charge in [0.25, 0.3) is 0 Å². The molecule has 2 amide bonds. The van der Waals surface area contributed by atoms with E-state index in [4.69, 9.17) is 19.3 Å². The Kier molecular flexibility index (Phi) is 10.3. The fourth-order valence-corrected chi connectivity index (χ4v) is 6.98. The van der Waals surface area contributed by atoms with Gasteiger partial charge in [-0.25, -0.2) is 4.79 Å². The Morgan fingerprint density at radius 3 is 1.98 bits per heavy atom. The number of carbonyl (C=O) groups excluding carboxylic acids is 2. The van der Waals surface area contributed by atoms with Crippen molar-refractivity contribution in [2.45, 2.75) is 75.9 Å². The molecule has 0 unspecified atom stereocenters. The molecule has 1 saturated heterocycles. The molecule has 2 heterocycles. The van der Waals surface area contributed by atoms with E-state index in [2.05, 4.69) is 49.4 Å². The Labute approximate surface area is 277 Å². The molecule has 0 aliphatic carbocycles. The summed E-state index contributed by atoms with van der Waals surface area (Å²) < 4.78 is 17.4. The molecule has 5 rings (SSSR count). The molecule has 0 bridgehead atoms. The molecule has 248 valence electrons. The molecule has 0 radical (unpaired) electrons. The number of likely N-dealkylation sites (tertiary alicyclic amines) is 1. The van der Waals surface area contributed by atoms with Gasteiger partial charge in [-0.2, -0.15) is 0 Å². The van der Waals surface area contributed by atoms with Gasteiger partial charge in [0.2, 0.25) is 11.8 Å². The molecule has 2 atom stereocenters. The molecule has 0 saturated carbocycles. The third kappa shape index (κ3) is 7.81. The first-order chi connectivity index (χ1) is 22.4. The fraction of sp³-hybridized carbons (Fsp3) is 0.389. The molecule has 0 spiro atoms. The van der Waals surface area contributed by atoms with Gasteiger partial charge >= 0.3 is 12.2 Å². The molecule has 1 aliphatic rings. The zero-order valence-electron chi connectivity index (χ0n) is 27.8. The Hall–Kier alpha value is -4.32. The lowest BCUT2D eigenvalue weighted by Crippen LogP contribution is -2.47. The summed E-state index contributed by atoms with van der Waals surface area (Å²) in [7, 11) is -1.96. The number of carbonyl (C=O) groups is 2. The van der Waals surface area contributed by atoms with Crippen LogP contribution in [0.5, 0.6) is 6.08 Å². The first-order valence-electron chi connectivity index (χ1n) is 16.1. The second kappa shape index (κ2) is 14.2. The lowest BCUT2D eigenvalue weighted by atomic mass is 9.77. The molecule has 11 heteroatoms. The third-order valence-corrected chi connectivity index (χ3v) is 13.7. The Bertz CT molecular complexity index is 1530. The van der Waals surface area contributed by atoms with E-state index in [9.17, 15) is 9.59 Å². The topological polar surface area (TPSA) is 133 Å². The lowest BCUT2D eigenvalue weighted by molar-refractivity contribution is -0.122. The Morgan fingerprint density at radius 1 is 0.936 bits per heavy atom. The van der Waals surface area contributed by atoms with Crippen molar-refractivity contribution in [2.24, 2.45) is 5.73 Å². The van der Waals surface area contributed by atoms with Crippen molar-refractivity contribution in [1.29, 1.82) is 0 Å². The number of amides is 2. The van der Waals surface area contributed by atoms with E-state index >= 15 is 0 Å². The van der Waals surface area contributed by atoms with Gasteiger partial charge in [-0.1, -0.05) is 117 Å². The summed E-state index contributed by atoms with van der Waals surface area (Å²) >= 11 is 0. The highest BCUT2D eigenvalue weighted by Crippen LogP contribution is 2.39. The van der Waals surface area contributed by atoms with Crippen molar-refractivity contribution < 1.29 is 23.2 Å². The van der Waals surface area contributed by atoms with E-state index in [-0.39, 0.29) is 41.9 Å². The molecular formula is C36H45N5O5Si. The number of benzene rings is 3. The maximum atomic E-state index is 13.7. The van der Waals surface area contributed by atoms with Crippen LogP contribution in [0.15, 0.2) is 95.4 Å². The molecule has 1 aromatic heterocycles. The smallest absolute Gasteiger partial charge is 0.412 e. The highest BCUT2D eigenvalue weighted by atomic mass is 28.4. The van der Waals surface area contributed by atoms with Gasteiger partial charge in [-0.15, -0.1) is 5.10 Å². The summed E-state index contributed by atoms with van der Waals surface area (Å²) in [5, 5.41) is 11.3. The molecule has 1 fully saturated rings. The SMILES string of the molecule is CC(C)(C)[Si](C)(C)O[C@H]1CCN(C(=O)Oc2nnc([C@@H](N)CCC(=O)NC(c3ccccc3)(c3ccccc3)c3ccccc3)o2)C1. The van der Waals surface area contributed by atoms with Crippen LogP contribution in [-0.4, -0.2) is 54.6 Å². The number of rotatable bonds is 11. The minimum atomic E-state index is -1.96. The van der Waals surface area contributed by atoms with Gasteiger partial charge in [0, 0.05) is 19.5 Å². The Balaban J connectivity index is 1.22. The van der Waals surface area contributed by atoms with Crippen molar-refractivity contribution in [1.82, 2.24) is 20.4 Å². The zero-order valence-corrected chi connectivity index (χ0v) is 28.8. The van der Waals surface area contributed by atoms with Gasteiger partial charge in [-0.3, -0.25) is 4.79 Å². The van der Waals surface area contributed by atoms with E-state index in [1.165, 1.54) is 0 Å². The number of aromatic nitrogens is 2. The van der Waals surface area contributed by atoms with Crippen LogP contribution in [0.4, 0.5) is 4.79 Å². The average Bonchev–Trinajstić information content (AvgIpc) is 3.73. The van der Waals surface area contributed by atoms with Gasteiger partial charge in [0.15, 0.2) is 8.32 Å². The minimum absolute atomic E-state index is 0.0364. The van der Waals surface area contributed by atoms with Crippen LogP contribution < -0.4 is 15.8 Å². The van der Waals surface area contributed by atoms with Crippen molar-refractivity contribution >= 4 is 20.3 Å². The summed E-state index contributed by atoms with van der Waals surface area (Å²) in [5.41, 5.74) is 8.23. The van der Waals surface area contributed by atoms with Crippen LogP contribution >= 0.6 is 0 Å². The quantitative estimate of drug-likeness (QED) is 0.137. The monoisotopic (exact) mass is 655 g/mol. The van der Waals surface area contributed by atoms with Gasteiger partial charge in [0.1, 0.15) is 5.54 Å². The Morgan fingerprint density at radius 2 is 1.47 bits per heavy atom. The molecule has 3 N–H and O–H groups in total. The van der Waals surface area contributed by atoms with Crippen LogP contribution in [0.25, 0.3) is 0 Å². The summed E-state index contributed by atoms with van der Waals surface area (Å²) in [6.45, 7) is 11.9. The number of hydrogen-bond donors (Lipinski definition) is 2. The predicted molar refractivity (Wildman–Crippen MR) is 182 cm³/mol. The number of hydrogen-bond acceptors (Lipinski definition) is 8. The van der Waals surface area contributed by atoms with E-state index in [0.29, 0.717) is 13.1 Å². The normalized spacial score (nSPS) is 16.1. The van der Waals surface area contributed by atoms with Crippen molar-refractivity contribution in [3.05, 3.63) is 114 Å². The van der Waals surface area contributed by atoms with E-state index < -0.39 is 26.0 Å². The molecular weight excluding hydrogens is 611 g/mol. The van der Waals surface area contributed by atoms with Crippen LogP contribution in [-0.2, 0) is 14.8 Å². The number of nitrogens with two attached hydrogens (primary N) is 1. The van der Waals surface area contributed by atoms with Crippen molar-refractivity contribution in [2.75, 3.05) is 13.1 Å². The van der Waals surface area contributed by atoms with Crippen LogP contribution in [0.2, 0.25) is 18.1 Å². The van der Waals surface area contributed by atoms with Crippen LogP contribution in [0, 0.1) is 0 Å². The maximum Gasteiger partial charge on any atom is 0.423 e. The number of nitrogens with one attached hydrogen (secondary N) is 1. The second-order valence-corrected chi connectivity index (χ2v) is 18.3. The van der Waals surface area contributed by atoms with Crippen LogP contribution in [0.3, 0.4) is 0 Å². The molecule has 4 aromatic rings. The molecule has 1 aliphatic heterocycles. The zero-order chi connectivity index (χ0) is 33.7. The first-order valence-corrected chi connectivity index (χ1v) is 19.0. The predicted octanol–water partition coefficient (Wildman–Crippen LogP) is 6.55. The largest absolute Gasteiger partial charge is 0.423 e. The van der Waals surface area contributed by atoms with Crippen molar-refractivity contribution in [3.63, 3.8) is 0 Å². The van der Waals surface area contributed by atoms with Gasteiger partial charge in [0.05, 0.1) is 12.1 Å². The average molecular weight is 656 g/mol. The maximum absolute atomic E-state index is 13.7. The van der Waals surface area contributed by atoms with Gasteiger partial charge in [-0.05, 0) is 47.7 Å². The summed E-state index contributed by atoms with van der Waals surface area (Å²) in [4.78, 5) is 28.1. The first kappa shape index (κ1) is 34.0.